The van der Waals surface area contributed by atoms with Gasteiger partial charge in [-0.15, -0.1) is 11.3 Å². The summed E-state index contributed by atoms with van der Waals surface area (Å²) in [5.41, 5.74) is 3.09. The van der Waals surface area contributed by atoms with Crippen molar-refractivity contribution in [3.05, 3.63) is 56.2 Å². The Balaban J connectivity index is 1.76. The predicted molar refractivity (Wildman–Crippen MR) is 85.9 cm³/mol. The lowest BCUT2D eigenvalue weighted by Gasteiger charge is -2.33. The van der Waals surface area contributed by atoms with Gasteiger partial charge in [0.2, 0.25) is 0 Å². The van der Waals surface area contributed by atoms with E-state index < -0.39 is 0 Å². The molecule has 1 aliphatic carbocycles. The highest BCUT2D eigenvalue weighted by molar-refractivity contribution is 9.10. The summed E-state index contributed by atoms with van der Waals surface area (Å²) in [4.78, 5) is 1.44. The Morgan fingerprint density at radius 1 is 1.37 bits per heavy atom. The lowest BCUT2D eigenvalue weighted by molar-refractivity contribution is 0.440. The van der Waals surface area contributed by atoms with Crippen LogP contribution in [0.4, 0.5) is 0 Å². The first-order chi connectivity index (χ1) is 9.29. The minimum absolute atomic E-state index is 0.470. The molecule has 0 saturated carbocycles. The Labute approximate surface area is 127 Å². The minimum Gasteiger partial charge on any atom is -0.309 e. The molecule has 0 spiro atoms. The van der Waals surface area contributed by atoms with Crippen LogP contribution in [0.1, 0.15) is 41.3 Å². The van der Waals surface area contributed by atoms with Gasteiger partial charge in [0.05, 0.1) is 0 Å². The van der Waals surface area contributed by atoms with Crippen molar-refractivity contribution in [2.75, 3.05) is 6.54 Å². The van der Waals surface area contributed by atoms with E-state index in [2.05, 4.69) is 63.9 Å². The molecular weight excluding hydrogens is 318 g/mol. The van der Waals surface area contributed by atoms with Crippen LogP contribution < -0.4 is 5.32 Å². The summed E-state index contributed by atoms with van der Waals surface area (Å²) in [6, 6.07) is 11.5. The zero-order valence-corrected chi connectivity index (χ0v) is 13.4. The molecule has 2 unspecified atom stereocenters. The van der Waals surface area contributed by atoms with E-state index in [4.69, 9.17) is 0 Å². The van der Waals surface area contributed by atoms with Crippen molar-refractivity contribution in [1.29, 1.82) is 0 Å². The normalized spacial score (nSPS) is 18.7. The van der Waals surface area contributed by atoms with Crippen LogP contribution in [0.2, 0.25) is 0 Å². The van der Waals surface area contributed by atoms with Crippen molar-refractivity contribution in [2.24, 2.45) is 0 Å². The Bertz CT molecular complexity index is 563. The highest BCUT2D eigenvalue weighted by atomic mass is 79.9. The molecule has 1 heterocycles. The van der Waals surface area contributed by atoms with Gasteiger partial charge in [0.25, 0.3) is 0 Å². The van der Waals surface area contributed by atoms with E-state index in [1.54, 1.807) is 5.56 Å². The van der Waals surface area contributed by atoms with Gasteiger partial charge in [0.1, 0.15) is 0 Å². The minimum atomic E-state index is 0.470. The molecule has 1 aliphatic rings. The van der Waals surface area contributed by atoms with Crippen LogP contribution in [-0.2, 0) is 6.42 Å². The first kappa shape index (κ1) is 13.3. The Hall–Kier alpha value is -0.640. The van der Waals surface area contributed by atoms with Crippen molar-refractivity contribution in [2.45, 2.75) is 31.7 Å². The number of hydrogen-bond donors (Lipinski definition) is 1. The van der Waals surface area contributed by atoms with Gasteiger partial charge in [-0.3, -0.25) is 0 Å². The highest BCUT2D eigenvalue weighted by Gasteiger charge is 2.29. The van der Waals surface area contributed by atoms with Crippen molar-refractivity contribution in [1.82, 2.24) is 5.32 Å². The monoisotopic (exact) mass is 335 g/mol. The van der Waals surface area contributed by atoms with Crippen LogP contribution in [-0.4, -0.2) is 6.54 Å². The Morgan fingerprint density at radius 2 is 2.21 bits per heavy atom. The van der Waals surface area contributed by atoms with Crippen molar-refractivity contribution in [3.63, 3.8) is 0 Å². The fraction of sp³-hybridized carbons (Fsp3) is 0.375. The van der Waals surface area contributed by atoms with Gasteiger partial charge in [-0.25, -0.2) is 0 Å². The number of hydrogen-bond acceptors (Lipinski definition) is 2. The maximum absolute atomic E-state index is 3.67. The lowest BCUT2D eigenvalue weighted by atomic mass is 9.74. The van der Waals surface area contributed by atoms with E-state index in [9.17, 15) is 0 Å². The number of fused-ring (bicyclic) bond motifs is 1. The maximum Gasteiger partial charge on any atom is 0.0432 e. The van der Waals surface area contributed by atoms with Gasteiger partial charge in [0.15, 0.2) is 0 Å². The molecule has 2 atom stereocenters. The smallest absolute Gasteiger partial charge is 0.0432 e. The van der Waals surface area contributed by atoms with Gasteiger partial charge >= 0.3 is 0 Å². The van der Waals surface area contributed by atoms with Crippen molar-refractivity contribution < 1.29 is 0 Å². The molecular formula is C16H18BrNS. The number of benzene rings is 1. The standard InChI is InChI=1S/C16H18BrNS/c1-2-18-15(16-14(17)7-8-19-16)10-12-9-11-5-3-4-6-13(11)12/h3-8,12,15,18H,2,9-10H2,1H3. The Kier molecular flexibility index (Phi) is 4.06. The fourth-order valence-electron chi connectivity index (χ4n) is 2.94. The molecule has 3 heteroatoms. The molecule has 3 rings (SSSR count). The van der Waals surface area contributed by atoms with Gasteiger partial charge < -0.3 is 5.32 Å². The van der Waals surface area contributed by atoms with Gasteiger partial charge in [0, 0.05) is 15.4 Å². The molecule has 1 nitrogen and oxygen atoms in total. The third kappa shape index (κ3) is 2.64. The summed E-state index contributed by atoms with van der Waals surface area (Å²) in [5.74, 6) is 0.717. The molecule has 0 aliphatic heterocycles. The topological polar surface area (TPSA) is 12.0 Å². The molecule has 100 valence electrons. The summed E-state index contributed by atoms with van der Waals surface area (Å²) in [6.45, 7) is 3.20. The third-order valence-electron chi connectivity index (χ3n) is 3.89. The van der Waals surface area contributed by atoms with Crippen LogP contribution in [0.3, 0.4) is 0 Å². The SMILES string of the molecule is CCNC(CC1Cc2ccccc21)c1sccc1Br. The fourth-order valence-corrected chi connectivity index (χ4v) is 4.68. The molecule has 0 fully saturated rings. The molecule has 19 heavy (non-hydrogen) atoms. The molecule has 1 N–H and O–H groups in total. The average Bonchev–Trinajstić information content (AvgIpc) is 2.81. The van der Waals surface area contributed by atoms with Crippen molar-refractivity contribution >= 4 is 27.3 Å². The molecule has 0 bridgehead atoms. The molecule has 2 aromatic rings. The summed E-state index contributed by atoms with van der Waals surface area (Å²) >= 11 is 5.51. The molecule has 1 aromatic heterocycles. The molecule has 0 amide bonds. The van der Waals surface area contributed by atoms with Gasteiger partial charge in [-0.1, -0.05) is 31.2 Å². The summed E-state index contributed by atoms with van der Waals surface area (Å²) in [7, 11) is 0. The highest BCUT2D eigenvalue weighted by Crippen LogP contribution is 2.42. The first-order valence-corrected chi connectivity index (χ1v) is 8.51. The van der Waals surface area contributed by atoms with Crippen LogP contribution in [0.15, 0.2) is 40.2 Å². The van der Waals surface area contributed by atoms with Crippen LogP contribution >= 0.6 is 27.3 Å². The van der Waals surface area contributed by atoms with Crippen LogP contribution in [0.5, 0.6) is 0 Å². The zero-order chi connectivity index (χ0) is 13.2. The predicted octanol–water partition coefficient (Wildman–Crippen LogP) is 4.89. The molecule has 0 saturated heterocycles. The average molecular weight is 336 g/mol. The molecule has 1 aromatic carbocycles. The number of halogens is 1. The summed E-state index contributed by atoms with van der Waals surface area (Å²) in [6.07, 6.45) is 2.44. The van der Waals surface area contributed by atoms with Crippen molar-refractivity contribution in [3.8, 4) is 0 Å². The maximum atomic E-state index is 3.67. The van der Waals surface area contributed by atoms with Crippen LogP contribution in [0.25, 0.3) is 0 Å². The lowest BCUT2D eigenvalue weighted by Crippen LogP contribution is -2.26. The van der Waals surface area contributed by atoms with Crippen LogP contribution in [0, 0.1) is 0 Å². The summed E-state index contributed by atoms with van der Waals surface area (Å²) < 4.78 is 1.25. The van der Waals surface area contributed by atoms with E-state index in [-0.39, 0.29) is 0 Å². The van der Waals surface area contributed by atoms with Gasteiger partial charge in [-0.05, 0) is 63.8 Å². The molecule has 0 radical (unpaired) electrons. The Morgan fingerprint density at radius 3 is 2.89 bits per heavy atom. The second-order valence-electron chi connectivity index (χ2n) is 5.08. The quantitative estimate of drug-likeness (QED) is 0.820. The van der Waals surface area contributed by atoms with E-state index in [1.807, 2.05) is 11.3 Å². The van der Waals surface area contributed by atoms with E-state index in [0.717, 1.165) is 6.54 Å². The number of nitrogens with one attached hydrogen (secondary N) is 1. The van der Waals surface area contributed by atoms with E-state index in [1.165, 1.54) is 27.8 Å². The second kappa shape index (κ2) is 5.78. The summed E-state index contributed by atoms with van der Waals surface area (Å²) in [5, 5.41) is 5.80. The van der Waals surface area contributed by atoms with E-state index >= 15 is 0 Å². The first-order valence-electron chi connectivity index (χ1n) is 6.83. The largest absolute Gasteiger partial charge is 0.309 e. The van der Waals surface area contributed by atoms with E-state index in [0.29, 0.717) is 12.0 Å². The number of thiophene rings is 1. The van der Waals surface area contributed by atoms with Gasteiger partial charge in [-0.2, -0.15) is 0 Å². The third-order valence-corrected chi connectivity index (χ3v) is 5.88. The number of rotatable bonds is 5. The second-order valence-corrected chi connectivity index (χ2v) is 6.88. The zero-order valence-electron chi connectivity index (χ0n) is 11.0.